The molecular weight excluding hydrogens is 467 g/mol. The standard InChI is InChI=1S/C13H17IN4O8/c1-9(12(20)21)16-13(22)25-8-17-5-2-3-10(7-17)11(19)15-4-6-26-18(24)14-23/h2-3,5,7,9H,4,6,8H2,1H3,(H,15,19)(H,16,22)(H,20,21)/t9-/m0/s1. The third-order valence-corrected chi connectivity index (χ3v) is 3.41. The van der Waals surface area contributed by atoms with Gasteiger partial charge in [0.05, 0.1) is 6.61 Å². The van der Waals surface area contributed by atoms with Gasteiger partial charge in [-0.05, 0) is 13.0 Å². The third kappa shape index (κ3) is 8.24. The number of aliphatic carboxylic acids is 1. The molecule has 0 radical (unpaired) electrons. The largest absolute Gasteiger partial charge is 0.751 e. The lowest BCUT2D eigenvalue weighted by molar-refractivity contribution is -0.727. The maximum atomic E-state index is 12.0. The molecule has 1 aromatic rings. The number of nitrogens with zero attached hydrogens (tertiary/aromatic N) is 2. The van der Waals surface area contributed by atoms with Gasteiger partial charge in [0.1, 0.15) is 11.6 Å². The van der Waals surface area contributed by atoms with E-state index in [0.717, 1.165) is 0 Å². The smallest absolute Gasteiger partial charge is 0.412 e. The molecular formula is C13H17IN4O8. The lowest BCUT2D eigenvalue weighted by Gasteiger charge is -2.17. The molecule has 1 rings (SSSR count). The SMILES string of the molecule is C[C@H](NC(=O)OC[n+]1cccc(C(=O)NCCON([O-])I=O)c1)C(=O)O. The average molecular weight is 484 g/mol. The highest BCUT2D eigenvalue weighted by molar-refractivity contribution is 14.1. The molecule has 3 N–H and O–H groups in total. The van der Waals surface area contributed by atoms with Crippen molar-refractivity contribution in [2.75, 3.05) is 13.2 Å². The fraction of sp³-hybridized carbons (Fsp3) is 0.385. The maximum absolute atomic E-state index is 12.0. The van der Waals surface area contributed by atoms with Crippen LogP contribution in [0.2, 0.25) is 0 Å². The van der Waals surface area contributed by atoms with Gasteiger partial charge in [-0.25, -0.2) is 4.79 Å². The zero-order chi connectivity index (χ0) is 19.5. The highest BCUT2D eigenvalue weighted by atomic mass is 127. The van der Waals surface area contributed by atoms with Crippen molar-refractivity contribution in [1.82, 2.24) is 14.1 Å². The van der Waals surface area contributed by atoms with Crippen LogP contribution in [-0.4, -0.2) is 45.7 Å². The van der Waals surface area contributed by atoms with Gasteiger partial charge in [0.15, 0.2) is 12.4 Å². The van der Waals surface area contributed by atoms with Gasteiger partial charge in [-0.15, -0.1) is 0 Å². The van der Waals surface area contributed by atoms with E-state index in [4.69, 9.17) is 9.84 Å². The van der Waals surface area contributed by atoms with E-state index in [2.05, 4.69) is 15.5 Å². The first-order valence-electron chi connectivity index (χ1n) is 7.14. The zero-order valence-corrected chi connectivity index (χ0v) is 15.7. The van der Waals surface area contributed by atoms with E-state index >= 15 is 0 Å². The van der Waals surface area contributed by atoms with Crippen LogP contribution >= 0.6 is 21.5 Å². The van der Waals surface area contributed by atoms with Crippen LogP contribution in [0.1, 0.15) is 17.3 Å². The Kier molecular flexibility index (Phi) is 9.56. The zero-order valence-electron chi connectivity index (χ0n) is 13.6. The normalized spacial score (nSPS) is 11.7. The summed E-state index contributed by atoms with van der Waals surface area (Å²) >= 11 is -1.95. The molecule has 0 aliphatic rings. The van der Waals surface area contributed by atoms with E-state index in [0.29, 0.717) is 0 Å². The molecule has 0 saturated heterocycles. The monoisotopic (exact) mass is 484 g/mol. The minimum absolute atomic E-state index is 0.0300. The van der Waals surface area contributed by atoms with Crippen molar-refractivity contribution in [3.05, 3.63) is 35.3 Å². The molecule has 13 heteroatoms. The summed E-state index contributed by atoms with van der Waals surface area (Å²) in [4.78, 5) is 38.5. The number of rotatable bonds is 10. The number of ether oxygens (including phenoxy) is 1. The predicted octanol–water partition coefficient (Wildman–Crippen LogP) is -0.177. The molecule has 26 heavy (non-hydrogen) atoms. The van der Waals surface area contributed by atoms with E-state index in [1.54, 1.807) is 12.3 Å². The number of halogens is 1. The summed E-state index contributed by atoms with van der Waals surface area (Å²) in [6.45, 7) is 0.953. The molecule has 1 atom stereocenters. The van der Waals surface area contributed by atoms with Gasteiger partial charge in [-0.3, -0.25) is 17.5 Å². The summed E-state index contributed by atoms with van der Waals surface area (Å²) in [7, 11) is 0. The van der Waals surface area contributed by atoms with Gasteiger partial charge in [0, 0.05) is 12.6 Å². The molecule has 0 aliphatic carbocycles. The molecule has 2 amide bonds. The first-order valence-corrected chi connectivity index (χ1v) is 8.99. The number of carboxylic acids is 1. The van der Waals surface area contributed by atoms with Gasteiger partial charge >= 0.3 is 12.1 Å². The lowest BCUT2D eigenvalue weighted by atomic mass is 10.2. The lowest BCUT2D eigenvalue weighted by Crippen LogP contribution is -2.43. The molecule has 12 nitrogen and oxygen atoms in total. The van der Waals surface area contributed by atoms with Crippen molar-refractivity contribution in [3.8, 4) is 0 Å². The Labute approximate surface area is 158 Å². The van der Waals surface area contributed by atoms with E-state index in [-0.39, 0.29) is 28.9 Å². The Bertz CT molecular complexity index is 659. The number of amides is 2. The molecule has 0 unspecified atom stereocenters. The third-order valence-electron chi connectivity index (χ3n) is 2.81. The molecule has 0 aliphatic heterocycles. The maximum Gasteiger partial charge on any atom is 0.412 e. The second kappa shape index (κ2) is 11.4. The van der Waals surface area contributed by atoms with E-state index < -0.39 is 45.5 Å². The summed E-state index contributed by atoms with van der Waals surface area (Å²) in [5.41, 5.74) is 0.255. The molecule has 1 heterocycles. The molecule has 0 saturated carbocycles. The summed E-state index contributed by atoms with van der Waals surface area (Å²) in [5.74, 6) is -1.66. The molecule has 0 fully saturated rings. The summed E-state index contributed by atoms with van der Waals surface area (Å²) in [5, 5.41) is 23.9. The minimum atomic E-state index is -1.95. The fourth-order valence-corrected chi connectivity index (χ4v) is 1.86. The van der Waals surface area contributed by atoms with Gasteiger partial charge < -0.3 is 25.7 Å². The second-order valence-corrected chi connectivity index (χ2v) is 5.92. The highest BCUT2D eigenvalue weighted by Crippen LogP contribution is 2.02. The Hall–Kier alpha value is -2.23. The summed E-state index contributed by atoms with van der Waals surface area (Å²) in [6, 6.07) is 1.97. The Morgan fingerprint density at radius 2 is 2.19 bits per heavy atom. The van der Waals surface area contributed by atoms with Crippen LogP contribution in [0, 0.1) is 5.21 Å². The van der Waals surface area contributed by atoms with Gasteiger partial charge in [-0.2, -0.15) is 8.01 Å². The molecule has 1 aromatic heterocycles. The Morgan fingerprint density at radius 3 is 2.85 bits per heavy atom. The summed E-state index contributed by atoms with van der Waals surface area (Å²) in [6.07, 6.45) is 2.04. The second-order valence-electron chi connectivity index (χ2n) is 4.74. The molecule has 0 spiro atoms. The predicted molar refractivity (Wildman–Crippen MR) is 91.5 cm³/mol. The fourth-order valence-electron chi connectivity index (χ4n) is 1.55. The van der Waals surface area contributed by atoms with Gasteiger partial charge in [0.25, 0.3) is 34.1 Å². The van der Waals surface area contributed by atoms with Crippen molar-refractivity contribution < 1.29 is 36.7 Å². The average Bonchev–Trinajstić information content (AvgIpc) is 2.63. The number of pyridine rings is 1. The number of carbonyl (C=O) groups is 3. The first-order chi connectivity index (χ1) is 12.3. The Morgan fingerprint density at radius 1 is 1.46 bits per heavy atom. The quantitative estimate of drug-likeness (QED) is 0.135. The number of carbonyl (C=O) groups excluding carboxylic acids is 2. The number of aromatic nitrogens is 1. The van der Waals surface area contributed by atoms with Gasteiger partial charge in [0.2, 0.25) is 0 Å². The van der Waals surface area contributed by atoms with Crippen LogP contribution in [0.4, 0.5) is 4.79 Å². The number of hydrogen-bond acceptors (Lipinski definition) is 7. The van der Waals surface area contributed by atoms with Crippen molar-refractivity contribution in [2.24, 2.45) is 0 Å². The van der Waals surface area contributed by atoms with Crippen LogP contribution in [0.25, 0.3) is 0 Å². The summed E-state index contributed by atoms with van der Waals surface area (Å²) < 4.78 is 16.5. The first kappa shape index (κ1) is 21.8. The van der Waals surface area contributed by atoms with Crippen molar-refractivity contribution in [2.45, 2.75) is 19.7 Å². The van der Waals surface area contributed by atoms with Crippen molar-refractivity contribution in [3.63, 3.8) is 0 Å². The van der Waals surface area contributed by atoms with Crippen molar-refractivity contribution in [1.29, 1.82) is 0 Å². The number of alkyl carbamates (subject to hydrolysis) is 1. The number of hydrogen-bond donors (Lipinski definition) is 3. The topological polar surface area (TPSA) is 161 Å². The van der Waals surface area contributed by atoms with Crippen LogP contribution in [0.3, 0.4) is 0 Å². The van der Waals surface area contributed by atoms with Crippen LogP contribution in [0.5, 0.6) is 0 Å². The van der Waals surface area contributed by atoms with E-state index in [1.807, 2.05) is 0 Å². The number of carboxylic acid groups (broad SMARTS) is 1. The van der Waals surface area contributed by atoms with Crippen LogP contribution in [-0.2, 0) is 24.2 Å². The molecule has 144 valence electrons. The van der Waals surface area contributed by atoms with Crippen LogP contribution in [0.15, 0.2) is 24.5 Å². The van der Waals surface area contributed by atoms with Crippen LogP contribution < -0.4 is 15.2 Å². The Balaban J connectivity index is 2.46. The van der Waals surface area contributed by atoms with E-state index in [9.17, 15) is 22.7 Å². The van der Waals surface area contributed by atoms with E-state index in [1.165, 1.54) is 23.8 Å². The highest BCUT2D eigenvalue weighted by Gasteiger charge is 2.16. The van der Waals surface area contributed by atoms with Gasteiger partial charge in [-0.1, -0.05) is 0 Å². The van der Waals surface area contributed by atoms with Crippen molar-refractivity contribution >= 4 is 39.4 Å². The molecule has 0 bridgehead atoms. The minimum Gasteiger partial charge on any atom is -0.751 e. The number of nitrogens with one attached hydrogen (secondary N) is 2. The molecule has 0 aromatic carbocycles.